The van der Waals surface area contributed by atoms with Gasteiger partial charge in [-0.3, -0.25) is 5.10 Å². The van der Waals surface area contributed by atoms with Gasteiger partial charge in [0.05, 0.1) is 5.52 Å². The van der Waals surface area contributed by atoms with Crippen molar-refractivity contribution in [3.05, 3.63) is 36.4 Å². The summed E-state index contributed by atoms with van der Waals surface area (Å²) in [5.74, 6) is 1.52. The van der Waals surface area contributed by atoms with E-state index in [0.717, 1.165) is 33.7 Å². The van der Waals surface area contributed by atoms with Crippen LogP contribution in [0.4, 0.5) is 5.69 Å². The summed E-state index contributed by atoms with van der Waals surface area (Å²) in [6, 6.07) is 11.5. The molecular formula is C14H11N3O2. The van der Waals surface area contributed by atoms with Crippen molar-refractivity contribution in [2.45, 2.75) is 0 Å². The van der Waals surface area contributed by atoms with Crippen molar-refractivity contribution in [2.24, 2.45) is 0 Å². The Balaban J connectivity index is 1.90. The molecule has 5 nitrogen and oxygen atoms in total. The average Bonchev–Trinajstić information content (AvgIpc) is 3.02. The zero-order chi connectivity index (χ0) is 12.8. The first-order chi connectivity index (χ1) is 9.31. The van der Waals surface area contributed by atoms with E-state index in [1.807, 2.05) is 36.4 Å². The number of fused-ring (bicyclic) bond motifs is 2. The number of ether oxygens (including phenoxy) is 2. The van der Waals surface area contributed by atoms with Gasteiger partial charge >= 0.3 is 0 Å². The van der Waals surface area contributed by atoms with Crippen molar-refractivity contribution in [1.82, 2.24) is 10.2 Å². The number of benzene rings is 2. The van der Waals surface area contributed by atoms with Crippen molar-refractivity contribution in [3.8, 4) is 22.8 Å². The molecule has 0 amide bonds. The second kappa shape index (κ2) is 3.65. The minimum absolute atomic E-state index is 0.274. The molecule has 0 bridgehead atoms. The number of H-pyrrole nitrogens is 1. The summed E-state index contributed by atoms with van der Waals surface area (Å²) >= 11 is 0. The van der Waals surface area contributed by atoms with Crippen LogP contribution in [-0.2, 0) is 0 Å². The van der Waals surface area contributed by atoms with Crippen molar-refractivity contribution in [3.63, 3.8) is 0 Å². The number of aromatic amines is 1. The first kappa shape index (κ1) is 10.3. The standard InChI is InChI=1S/C14H11N3O2/c15-9-2-3-10-11(6-9)16-17-14(10)8-1-4-12-13(5-8)19-7-18-12/h1-6H,7,15H2,(H,16,17). The fourth-order valence-electron chi connectivity index (χ4n) is 2.30. The highest BCUT2D eigenvalue weighted by atomic mass is 16.7. The minimum atomic E-state index is 0.274. The molecule has 4 rings (SSSR count). The lowest BCUT2D eigenvalue weighted by atomic mass is 10.1. The molecule has 94 valence electrons. The fourth-order valence-corrected chi connectivity index (χ4v) is 2.30. The molecular weight excluding hydrogens is 242 g/mol. The molecule has 0 saturated carbocycles. The zero-order valence-electron chi connectivity index (χ0n) is 10.0. The van der Waals surface area contributed by atoms with E-state index in [-0.39, 0.29) is 6.79 Å². The molecule has 0 aliphatic carbocycles. The number of nitrogen functional groups attached to an aromatic ring is 1. The van der Waals surface area contributed by atoms with E-state index in [1.54, 1.807) is 0 Å². The van der Waals surface area contributed by atoms with Crippen LogP contribution in [0.5, 0.6) is 11.5 Å². The molecule has 5 heteroatoms. The van der Waals surface area contributed by atoms with Crippen molar-refractivity contribution in [1.29, 1.82) is 0 Å². The Morgan fingerprint density at radius 2 is 1.95 bits per heavy atom. The molecule has 3 aromatic rings. The monoisotopic (exact) mass is 253 g/mol. The summed E-state index contributed by atoms with van der Waals surface area (Å²) < 4.78 is 10.7. The molecule has 0 radical (unpaired) electrons. The van der Waals surface area contributed by atoms with Crippen LogP contribution in [0, 0.1) is 0 Å². The second-order valence-electron chi connectivity index (χ2n) is 4.45. The van der Waals surface area contributed by atoms with Gasteiger partial charge in [-0.25, -0.2) is 0 Å². The molecule has 2 aromatic carbocycles. The van der Waals surface area contributed by atoms with E-state index in [2.05, 4.69) is 10.2 Å². The molecule has 0 fully saturated rings. The number of nitrogens with one attached hydrogen (secondary N) is 1. The lowest BCUT2D eigenvalue weighted by molar-refractivity contribution is 0.174. The third-order valence-electron chi connectivity index (χ3n) is 3.23. The second-order valence-corrected chi connectivity index (χ2v) is 4.45. The van der Waals surface area contributed by atoms with Gasteiger partial charge in [0.25, 0.3) is 0 Å². The number of aromatic nitrogens is 2. The van der Waals surface area contributed by atoms with Gasteiger partial charge in [0.15, 0.2) is 11.5 Å². The Morgan fingerprint density at radius 3 is 2.89 bits per heavy atom. The summed E-state index contributed by atoms with van der Waals surface area (Å²) in [6.45, 7) is 0.274. The van der Waals surface area contributed by atoms with Gasteiger partial charge in [-0.1, -0.05) is 0 Å². The van der Waals surface area contributed by atoms with Gasteiger partial charge in [0.1, 0.15) is 5.69 Å². The number of hydrogen-bond donors (Lipinski definition) is 2. The molecule has 0 atom stereocenters. The maximum atomic E-state index is 5.76. The first-order valence-electron chi connectivity index (χ1n) is 5.95. The van der Waals surface area contributed by atoms with Crippen LogP contribution in [0.25, 0.3) is 22.2 Å². The Kier molecular flexibility index (Phi) is 1.97. The predicted molar refractivity (Wildman–Crippen MR) is 72.1 cm³/mol. The van der Waals surface area contributed by atoms with Crippen LogP contribution in [-0.4, -0.2) is 17.0 Å². The van der Waals surface area contributed by atoms with Crippen LogP contribution in [0.1, 0.15) is 0 Å². The third-order valence-corrected chi connectivity index (χ3v) is 3.23. The maximum absolute atomic E-state index is 5.76. The summed E-state index contributed by atoms with van der Waals surface area (Å²) in [7, 11) is 0. The van der Waals surface area contributed by atoms with Crippen molar-refractivity contribution < 1.29 is 9.47 Å². The van der Waals surface area contributed by atoms with Crippen LogP contribution in [0.15, 0.2) is 36.4 Å². The smallest absolute Gasteiger partial charge is 0.231 e. The number of hydrogen-bond acceptors (Lipinski definition) is 4. The van der Waals surface area contributed by atoms with Gasteiger partial charge in [-0.05, 0) is 36.4 Å². The van der Waals surface area contributed by atoms with Crippen LogP contribution in [0.3, 0.4) is 0 Å². The molecule has 1 aliphatic rings. The van der Waals surface area contributed by atoms with Gasteiger partial charge in [-0.2, -0.15) is 5.10 Å². The van der Waals surface area contributed by atoms with Gasteiger partial charge in [-0.15, -0.1) is 0 Å². The molecule has 0 saturated heterocycles. The fraction of sp³-hybridized carbons (Fsp3) is 0.0714. The highest BCUT2D eigenvalue weighted by molar-refractivity contribution is 5.94. The maximum Gasteiger partial charge on any atom is 0.231 e. The lowest BCUT2D eigenvalue weighted by Crippen LogP contribution is -1.92. The zero-order valence-corrected chi connectivity index (χ0v) is 10.0. The molecule has 19 heavy (non-hydrogen) atoms. The van der Waals surface area contributed by atoms with Gasteiger partial charge in [0, 0.05) is 16.6 Å². The van der Waals surface area contributed by atoms with Crippen molar-refractivity contribution >= 4 is 16.6 Å². The van der Waals surface area contributed by atoms with E-state index in [9.17, 15) is 0 Å². The topological polar surface area (TPSA) is 73.2 Å². The van der Waals surface area contributed by atoms with Crippen LogP contribution in [0.2, 0.25) is 0 Å². The van der Waals surface area contributed by atoms with E-state index >= 15 is 0 Å². The Morgan fingerprint density at radius 1 is 1.05 bits per heavy atom. The quantitative estimate of drug-likeness (QED) is 0.654. The summed E-state index contributed by atoms with van der Waals surface area (Å²) in [6.07, 6.45) is 0. The average molecular weight is 253 g/mol. The van der Waals surface area contributed by atoms with Crippen LogP contribution < -0.4 is 15.2 Å². The Bertz CT molecular complexity index is 779. The lowest BCUT2D eigenvalue weighted by Gasteiger charge is -2.01. The molecule has 1 aromatic heterocycles. The van der Waals surface area contributed by atoms with Gasteiger partial charge in [0.2, 0.25) is 6.79 Å². The largest absolute Gasteiger partial charge is 0.454 e. The van der Waals surface area contributed by atoms with Crippen LogP contribution >= 0.6 is 0 Å². The minimum Gasteiger partial charge on any atom is -0.454 e. The molecule has 0 spiro atoms. The Labute approximate surface area is 108 Å². The number of nitrogens with zero attached hydrogens (tertiary/aromatic N) is 1. The number of nitrogens with two attached hydrogens (primary N) is 1. The normalized spacial score (nSPS) is 13.1. The molecule has 0 unspecified atom stereocenters. The summed E-state index contributed by atoms with van der Waals surface area (Å²) in [5, 5.41) is 8.38. The summed E-state index contributed by atoms with van der Waals surface area (Å²) in [5.41, 5.74) is 9.27. The first-order valence-corrected chi connectivity index (χ1v) is 5.95. The van der Waals surface area contributed by atoms with Gasteiger partial charge < -0.3 is 15.2 Å². The highest BCUT2D eigenvalue weighted by Gasteiger charge is 2.16. The number of rotatable bonds is 1. The SMILES string of the molecule is Nc1ccc2c(-c3ccc4c(c3)OCO4)n[nH]c2c1. The summed E-state index contributed by atoms with van der Waals surface area (Å²) in [4.78, 5) is 0. The highest BCUT2D eigenvalue weighted by Crippen LogP contribution is 2.37. The van der Waals surface area contributed by atoms with E-state index in [0.29, 0.717) is 5.69 Å². The number of anilines is 1. The Hall–Kier alpha value is -2.69. The molecule has 3 N–H and O–H groups in total. The molecule has 1 aliphatic heterocycles. The third kappa shape index (κ3) is 1.52. The van der Waals surface area contributed by atoms with Crippen molar-refractivity contribution in [2.75, 3.05) is 12.5 Å². The van der Waals surface area contributed by atoms with E-state index < -0.39 is 0 Å². The molecule has 2 heterocycles. The van der Waals surface area contributed by atoms with E-state index in [4.69, 9.17) is 15.2 Å². The van der Waals surface area contributed by atoms with E-state index in [1.165, 1.54) is 0 Å². The predicted octanol–water partition coefficient (Wildman–Crippen LogP) is 2.54.